The molecule has 2 atom stereocenters. The molecule has 1 amide bonds. The molecule has 0 bridgehead atoms. The second-order valence-electron chi connectivity index (χ2n) is 9.76. The Morgan fingerprint density at radius 3 is 2.41 bits per heavy atom. The summed E-state index contributed by atoms with van der Waals surface area (Å²) in [6.45, 7) is 8.16. The van der Waals surface area contributed by atoms with E-state index in [2.05, 4.69) is 9.97 Å². The van der Waals surface area contributed by atoms with E-state index in [0.29, 0.717) is 19.4 Å². The number of carbonyl (C=O) groups is 1. The highest BCUT2D eigenvalue weighted by Gasteiger charge is 2.45. The molecule has 2 N–H and O–H groups in total. The first-order chi connectivity index (χ1) is 16.1. The van der Waals surface area contributed by atoms with Crippen LogP contribution in [0.3, 0.4) is 0 Å². The SMILES string of the molecule is Cc1nccc(-c2ccc([C@H](C)N3CC[C@](CC(C)(C)N)(c4ccc(F)cc4)OC3=O)cc2)n1. The Labute approximate surface area is 200 Å². The molecule has 7 heteroatoms. The smallest absolute Gasteiger partial charge is 0.411 e. The average molecular weight is 463 g/mol. The maximum atomic E-state index is 13.6. The monoisotopic (exact) mass is 462 g/mol. The van der Waals surface area contributed by atoms with Crippen LogP contribution in [0.4, 0.5) is 9.18 Å². The van der Waals surface area contributed by atoms with Gasteiger partial charge in [-0.15, -0.1) is 0 Å². The van der Waals surface area contributed by atoms with Crippen molar-refractivity contribution in [1.29, 1.82) is 0 Å². The molecule has 34 heavy (non-hydrogen) atoms. The van der Waals surface area contributed by atoms with Crippen LogP contribution in [-0.2, 0) is 10.3 Å². The Morgan fingerprint density at radius 1 is 1.15 bits per heavy atom. The van der Waals surface area contributed by atoms with Crippen LogP contribution >= 0.6 is 0 Å². The molecule has 0 radical (unpaired) electrons. The standard InChI is InChI=1S/C27H31FN4O2/c1-18(20-5-7-21(8-6-20)24-13-15-30-19(2)31-24)32-16-14-27(34-25(32)33,17-26(3,4)29)22-9-11-23(28)12-10-22/h5-13,15,18H,14,16-17,29H2,1-4H3/t18-,27-/m0/s1. The highest BCUT2D eigenvalue weighted by atomic mass is 19.1. The van der Waals surface area contributed by atoms with Crippen molar-refractivity contribution >= 4 is 6.09 Å². The molecule has 3 aromatic rings. The van der Waals surface area contributed by atoms with Gasteiger partial charge in [-0.05, 0) is 57.0 Å². The van der Waals surface area contributed by atoms with Crippen LogP contribution in [0.1, 0.15) is 56.6 Å². The molecule has 0 unspecified atom stereocenters. The molecule has 0 saturated carbocycles. The van der Waals surface area contributed by atoms with Crippen molar-refractivity contribution in [1.82, 2.24) is 14.9 Å². The third-order valence-electron chi connectivity index (χ3n) is 6.32. The Balaban J connectivity index is 1.54. The third kappa shape index (κ3) is 5.09. The summed E-state index contributed by atoms with van der Waals surface area (Å²) in [5, 5.41) is 0. The number of nitrogens with two attached hydrogens (primary N) is 1. The van der Waals surface area contributed by atoms with Crippen LogP contribution in [0, 0.1) is 12.7 Å². The Bertz CT molecular complexity index is 1160. The fourth-order valence-electron chi connectivity index (χ4n) is 4.67. The summed E-state index contributed by atoms with van der Waals surface area (Å²) >= 11 is 0. The molecule has 1 saturated heterocycles. The second-order valence-corrected chi connectivity index (χ2v) is 9.76. The van der Waals surface area contributed by atoms with Gasteiger partial charge in [0.2, 0.25) is 0 Å². The number of carbonyl (C=O) groups excluding carboxylic acids is 1. The Kier molecular flexibility index (Phi) is 6.41. The van der Waals surface area contributed by atoms with Crippen LogP contribution in [0.15, 0.2) is 60.8 Å². The van der Waals surface area contributed by atoms with Crippen molar-refractivity contribution in [2.75, 3.05) is 6.54 Å². The molecule has 4 rings (SSSR count). The van der Waals surface area contributed by atoms with E-state index in [4.69, 9.17) is 10.5 Å². The first-order valence-electron chi connectivity index (χ1n) is 11.5. The van der Waals surface area contributed by atoms with Gasteiger partial charge in [0.25, 0.3) is 0 Å². The molecule has 2 aromatic carbocycles. The van der Waals surface area contributed by atoms with Crippen LogP contribution in [0.25, 0.3) is 11.3 Å². The number of nitrogens with zero attached hydrogens (tertiary/aromatic N) is 3. The lowest BCUT2D eigenvalue weighted by Gasteiger charge is -2.45. The minimum absolute atomic E-state index is 0.175. The zero-order chi connectivity index (χ0) is 24.5. The van der Waals surface area contributed by atoms with Gasteiger partial charge in [-0.1, -0.05) is 36.4 Å². The largest absolute Gasteiger partial charge is 0.438 e. The molecule has 1 fully saturated rings. The summed E-state index contributed by atoms with van der Waals surface area (Å²) in [4.78, 5) is 23.6. The summed E-state index contributed by atoms with van der Waals surface area (Å²) in [7, 11) is 0. The molecule has 1 aromatic heterocycles. The van der Waals surface area contributed by atoms with Crippen molar-refractivity contribution in [3.8, 4) is 11.3 Å². The van der Waals surface area contributed by atoms with Crippen molar-refractivity contribution in [2.45, 2.75) is 57.7 Å². The topological polar surface area (TPSA) is 81.3 Å². The predicted octanol–water partition coefficient (Wildman–Crippen LogP) is 5.52. The summed E-state index contributed by atoms with van der Waals surface area (Å²) in [5.41, 5.74) is 8.48. The molecular weight excluding hydrogens is 431 g/mol. The zero-order valence-electron chi connectivity index (χ0n) is 20.1. The van der Waals surface area contributed by atoms with E-state index in [9.17, 15) is 9.18 Å². The lowest BCUT2D eigenvalue weighted by atomic mass is 9.79. The van der Waals surface area contributed by atoms with E-state index in [1.165, 1.54) is 12.1 Å². The van der Waals surface area contributed by atoms with Crippen molar-refractivity contribution in [3.05, 3.63) is 83.6 Å². The summed E-state index contributed by atoms with van der Waals surface area (Å²) in [6.07, 6.45) is 2.34. The van der Waals surface area contributed by atoms with Gasteiger partial charge in [-0.2, -0.15) is 0 Å². The van der Waals surface area contributed by atoms with Gasteiger partial charge in [0, 0.05) is 36.7 Å². The first kappa shape index (κ1) is 23.8. The van der Waals surface area contributed by atoms with Crippen LogP contribution in [0.2, 0.25) is 0 Å². The highest BCUT2D eigenvalue weighted by Crippen LogP contribution is 2.42. The molecular formula is C27H31FN4O2. The minimum Gasteiger partial charge on any atom is -0.438 e. The molecule has 178 valence electrons. The number of aryl methyl sites for hydroxylation is 1. The quantitative estimate of drug-likeness (QED) is 0.522. The molecule has 1 aliphatic heterocycles. The number of benzene rings is 2. The Hall–Kier alpha value is -3.32. The lowest BCUT2D eigenvalue weighted by molar-refractivity contribution is -0.0739. The second kappa shape index (κ2) is 9.14. The van der Waals surface area contributed by atoms with E-state index >= 15 is 0 Å². The van der Waals surface area contributed by atoms with Gasteiger partial charge in [0.1, 0.15) is 17.2 Å². The zero-order valence-corrected chi connectivity index (χ0v) is 20.1. The summed E-state index contributed by atoms with van der Waals surface area (Å²) < 4.78 is 19.7. The number of halogens is 1. The number of cyclic esters (lactones) is 1. The fourth-order valence-corrected chi connectivity index (χ4v) is 4.67. The van der Waals surface area contributed by atoms with E-state index in [0.717, 1.165) is 28.2 Å². The van der Waals surface area contributed by atoms with Crippen LogP contribution < -0.4 is 5.73 Å². The van der Waals surface area contributed by atoms with Gasteiger partial charge in [-0.3, -0.25) is 0 Å². The minimum atomic E-state index is -0.895. The van der Waals surface area contributed by atoms with Crippen molar-refractivity contribution in [2.24, 2.45) is 5.73 Å². The number of hydrogen-bond donors (Lipinski definition) is 1. The van der Waals surface area contributed by atoms with Crippen LogP contribution in [0.5, 0.6) is 0 Å². The van der Waals surface area contributed by atoms with E-state index in [1.54, 1.807) is 23.2 Å². The molecule has 0 aliphatic carbocycles. The van der Waals surface area contributed by atoms with Gasteiger partial charge in [0.15, 0.2) is 0 Å². The average Bonchev–Trinajstić information content (AvgIpc) is 2.78. The normalized spacial score (nSPS) is 19.6. The van der Waals surface area contributed by atoms with Crippen molar-refractivity contribution in [3.63, 3.8) is 0 Å². The van der Waals surface area contributed by atoms with E-state index in [-0.39, 0.29) is 11.9 Å². The van der Waals surface area contributed by atoms with Crippen molar-refractivity contribution < 1.29 is 13.9 Å². The number of ether oxygens (including phenoxy) is 1. The number of amides is 1. The number of hydrogen-bond acceptors (Lipinski definition) is 5. The fraction of sp³-hybridized carbons (Fsp3) is 0.370. The van der Waals surface area contributed by atoms with Gasteiger partial charge in [0.05, 0.1) is 11.7 Å². The predicted molar refractivity (Wildman–Crippen MR) is 129 cm³/mol. The number of aromatic nitrogens is 2. The van der Waals surface area contributed by atoms with E-state index in [1.807, 2.05) is 58.0 Å². The first-order valence-corrected chi connectivity index (χ1v) is 11.5. The third-order valence-corrected chi connectivity index (χ3v) is 6.32. The molecule has 6 nitrogen and oxygen atoms in total. The highest BCUT2D eigenvalue weighted by molar-refractivity contribution is 5.70. The molecule has 0 spiro atoms. The van der Waals surface area contributed by atoms with Crippen LogP contribution in [-0.4, -0.2) is 33.0 Å². The number of rotatable bonds is 6. The Morgan fingerprint density at radius 2 is 1.82 bits per heavy atom. The summed E-state index contributed by atoms with van der Waals surface area (Å²) in [6, 6.07) is 15.9. The van der Waals surface area contributed by atoms with Gasteiger partial charge in [-0.25, -0.2) is 19.2 Å². The maximum absolute atomic E-state index is 13.6. The van der Waals surface area contributed by atoms with Gasteiger partial charge < -0.3 is 15.4 Å². The maximum Gasteiger partial charge on any atom is 0.411 e. The lowest BCUT2D eigenvalue weighted by Crippen LogP contribution is -2.52. The van der Waals surface area contributed by atoms with Gasteiger partial charge >= 0.3 is 6.09 Å². The van der Waals surface area contributed by atoms with E-state index < -0.39 is 17.2 Å². The molecule has 1 aliphatic rings. The molecule has 2 heterocycles. The summed E-state index contributed by atoms with van der Waals surface area (Å²) in [5.74, 6) is 0.389.